The quantitative estimate of drug-likeness (QED) is 0.684. The first kappa shape index (κ1) is 16.7. The van der Waals surface area contributed by atoms with Gasteiger partial charge >= 0.3 is 5.97 Å². The van der Waals surface area contributed by atoms with Crippen molar-refractivity contribution in [1.29, 1.82) is 0 Å². The summed E-state index contributed by atoms with van der Waals surface area (Å²) in [6.07, 6.45) is 3.34. The molecule has 2 rings (SSSR count). The molecule has 1 N–H and O–H groups in total. The molecular formula is C16H22N2O3S. The molecule has 0 saturated carbocycles. The van der Waals surface area contributed by atoms with E-state index in [1.807, 2.05) is 45.4 Å². The lowest BCUT2D eigenvalue weighted by Gasteiger charge is -2.08. The Hall–Kier alpha value is -1.69. The third kappa shape index (κ3) is 3.55. The van der Waals surface area contributed by atoms with Crippen LogP contribution in [0.1, 0.15) is 43.6 Å². The Kier molecular flexibility index (Phi) is 5.01. The zero-order valence-corrected chi connectivity index (χ0v) is 14.4. The summed E-state index contributed by atoms with van der Waals surface area (Å²) >= 11 is 1.55. The molecule has 0 bridgehead atoms. The van der Waals surface area contributed by atoms with Gasteiger partial charge in [-0.15, -0.1) is 11.8 Å². The maximum Gasteiger partial charge on any atom is 0.341 e. The normalized spacial score (nSPS) is 15.5. The smallest absolute Gasteiger partial charge is 0.341 e. The molecule has 2 heterocycles. The van der Waals surface area contributed by atoms with Crippen LogP contribution in [0.2, 0.25) is 0 Å². The van der Waals surface area contributed by atoms with Crippen LogP contribution in [0.25, 0.3) is 5.70 Å². The SMILES string of the molecule is Cc1cn2c(c1C(=O)OC(C)C)SCC2=CC(=O)NC(C)C. The number of nitrogens with zero attached hydrogens (tertiary/aromatic N) is 1. The second-order valence-corrected chi connectivity index (χ2v) is 6.87. The van der Waals surface area contributed by atoms with Crippen molar-refractivity contribution in [2.75, 3.05) is 5.75 Å². The van der Waals surface area contributed by atoms with Gasteiger partial charge in [0, 0.05) is 29.8 Å². The Morgan fingerprint density at radius 3 is 2.64 bits per heavy atom. The molecule has 1 aliphatic heterocycles. The van der Waals surface area contributed by atoms with Gasteiger partial charge in [0.2, 0.25) is 5.91 Å². The largest absolute Gasteiger partial charge is 0.459 e. The first-order chi connectivity index (χ1) is 10.3. The van der Waals surface area contributed by atoms with Gasteiger partial charge in [0.15, 0.2) is 0 Å². The van der Waals surface area contributed by atoms with Gasteiger partial charge in [-0.3, -0.25) is 4.79 Å². The van der Waals surface area contributed by atoms with E-state index in [9.17, 15) is 9.59 Å². The van der Waals surface area contributed by atoms with Crippen LogP contribution < -0.4 is 5.32 Å². The minimum atomic E-state index is -0.304. The van der Waals surface area contributed by atoms with Crippen molar-refractivity contribution in [3.05, 3.63) is 23.4 Å². The Balaban J connectivity index is 2.29. The number of aromatic nitrogens is 1. The van der Waals surface area contributed by atoms with Gasteiger partial charge in [-0.1, -0.05) is 0 Å². The Morgan fingerprint density at radius 1 is 1.36 bits per heavy atom. The molecule has 0 atom stereocenters. The number of rotatable bonds is 4. The molecule has 5 nitrogen and oxygen atoms in total. The molecule has 0 radical (unpaired) electrons. The van der Waals surface area contributed by atoms with Gasteiger partial charge in [0.05, 0.1) is 16.7 Å². The number of carbonyl (C=O) groups is 2. The molecule has 0 aromatic carbocycles. The second kappa shape index (κ2) is 6.60. The first-order valence-electron chi connectivity index (χ1n) is 7.36. The van der Waals surface area contributed by atoms with Gasteiger partial charge in [0.25, 0.3) is 0 Å². The molecule has 0 spiro atoms. The fourth-order valence-corrected chi connectivity index (χ4v) is 3.49. The van der Waals surface area contributed by atoms with E-state index >= 15 is 0 Å². The number of amides is 1. The lowest BCUT2D eigenvalue weighted by Crippen LogP contribution is -2.28. The van der Waals surface area contributed by atoms with E-state index in [1.165, 1.54) is 0 Å². The average Bonchev–Trinajstić information content (AvgIpc) is 2.86. The summed E-state index contributed by atoms with van der Waals surface area (Å²) in [6, 6.07) is 0.0980. The summed E-state index contributed by atoms with van der Waals surface area (Å²) in [6.45, 7) is 9.39. The van der Waals surface area contributed by atoms with Crippen LogP contribution in [0.4, 0.5) is 0 Å². The lowest BCUT2D eigenvalue weighted by molar-refractivity contribution is -0.116. The molecule has 120 valence electrons. The highest BCUT2D eigenvalue weighted by Crippen LogP contribution is 2.38. The van der Waals surface area contributed by atoms with Crippen molar-refractivity contribution in [2.45, 2.75) is 51.8 Å². The number of ether oxygens (including phenoxy) is 1. The standard InChI is InChI=1S/C16H22N2O3S/c1-9(2)17-13(19)6-12-8-22-15-14(11(5)7-18(12)15)16(20)21-10(3)4/h6-7,9-10H,8H2,1-5H3,(H,17,19). The van der Waals surface area contributed by atoms with Crippen molar-refractivity contribution < 1.29 is 14.3 Å². The lowest BCUT2D eigenvalue weighted by atomic mass is 10.2. The maximum atomic E-state index is 12.2. The zero-order valence-electron chi connectivity index (χ0n) is 13.6. The number of hydrogen-bond donors (Lipinski definition) is 1. The van der Waals surface area contributed by atoms with Crippen LogP contribution in [0.3, 0.4) is 0 Å². The third-order valence-electron chi connectivity index (χ3n) is 3.09. The summed E-state index contributed by atoms with van der Waals surface area (Å²) in [4.78, 5) is 24.1. The molecule has 0 fully saturated rings. The fraction of sp³-hybridized carbons (Fsp3) is 0.500. The van der Waals surface area contributed by atoms with Gasteiger partial charge in [-0.25, -0.2) is 4.79 Å². The van der Waals surface area contributed by atoms with Gasteiger partial charge in [0.1, 0.15) is 0 Å². The molecular weight excluding hydrogens is 300 g/mol. The molecule has 0 saturated heterocycles. The second-order valence-electron chi connectivity index (χ2n) is 5.90. The van der Waals surface area contributed by atoms with Gasteiger partial charge < -0.3 is 14.6 Å². The Bertz CT molecular complexity index is 630. The monoisotopic (exact) mass is 322 g/mol. The van der Waals surface area contributed by atoms with Crippen LogP contribution in [0.5, 0.6) is 0 Å². The van der Waals surface area contributed by atoms with Crippen LogP contribution in [-0.4, -0.2) is 34.3 Å². The molecule has 1 aromatic heterocycles. The van der Waals surface area contributed by atoms with Crippen LogP contribution in [0, 0.1) is 6.92 Å². The summed E-state index contributed by atoms with van der Waals surface area (Å²) in [5.41, 5.74) is 2.35. The van der Waals surface area contributed by atoms with E-state index in [2.05, 4.69) is 5.32 Å². The predicted octanol–water partition coefficient (Wildman–Crippen LogP) is 2.83. The summed E-state index contributed by atoms with van der Waals surface area (Å²) in [5, 5.41) is 3.69. The fourth-order valence-electron chi connectivity index (χ4n) is 2.28. The maximum absolute atomic E-state index is 12.2. The zero-order chi connectivity index (χ0) is 16.4. The Labute approximate surface area is 135 Å². The molecule has 6 heteroatoms. The third-order valence-corrected chi connectivity index (χ3v) is 4.21. The number of aryl methyl sites for hydroxylation is 1. The topological polar surface area (TPSA) is 60.3 Å². The van der Waals surface area contributed by atoms with Crippen molar-refractivity contribution in [1.82, 2.24) is 9.88 Å². The van der Waals surface area contributed by atoms with Gasteiger partial charge in [-0.05, 0) is 40.2 Å². The van der Waals surface area contributed by atoms with E-state index in [0.717, 1.165) is 16.3 Å². The summed E-state index contributed by atoms with van der Waals surface area (Å²) in [7, 11) is 0. The van der Waals surface area contributed by atoms with Crippen LogP contribution in [0.15, 0.2) is 17.3 Å². The van der Waals surface area contributed by atoms with Gasteiger partial charge in [-0.2, -0.15) is 0 Å². The van der Waals surface area contributed by atoms with Crippen molar-refractivity contribution in [3.8, 4) is 0 Å². The van der Waals surface area contributed by atoms with Crippen molar-refractivity contribution in [3.63, 3.8) is 0 Å². The highest BCUT2D eigenvalue weighted by atomic mass is 32.2. The molecule has 0 unspecified atom stereocenters. The molecule has 1 aliphatic rings. The number of hydrogen-bond acceptors (Lipinski definition) is 4. The van der Waals surface area contributed by atoms with E-state index < -0.39 is 0 Å². The molecule has 22 heavy (non-hydrogen) atoms. The van der Waals surface area contributed by atoms with Crippen molar-refractivity contribution >= 4 is 29.3 Å². The summed E-state index contributed by atoms with van der Waals surface area (Å²) < 4.78 is 7.22. The van der Waals surface area contributed by atoms with E-state index in [-0.39, 0.29) is 24.0 Å². The molecule has 0 aliphatic carbocycles. The predicted molar refractivity (Wildman–Crippen MR) is 88.0 cm³/mol. The number of nitrogens with one attached hydrogen (secondary N) is 1. The van der Waals surface area contributed by atoms with E-state index in [0.29, 0.717) is 11.3 Å². The number of carbonyl (C=O) groups excluding carboxylic acids is 2. The summed E-state index contributed by atoms with van der Waals surface area (Å²) in [5.74, 6) is 0.251. The van der Waals surface area contributed by atoms with E-state index in [1.54, 1.807) is 17.8 Å². The average molecular weight is 322 g/mol. The van der Waals surface area contributed by atoms with Crippen molar-refractivity contribution in [2.24, 2.45) is 0 Å². The number of esters is 1. The highest BCUT2D eigenvalue weighted by Gasteiger charge is 2.28. The minimum absolute atomic E-state index is 0.0980. The highest BCUT2D eigenvalue weighted by molar-refractivity contribution is 8.00. The van der Waals surface area contributed by atoms with E-state index in [4.69, 9.17) is 4.74 Å². The first-order valence-corrected chi connectivity index (χ1v) is 8.35. The van der Waals surface area contributed by atoms with Crippen LogP contribution >= 0.6 is 11.8 Å². The number of fused-ring (bicyclic) bond motifs is 1. The minimum Gasteiger partial charge on any atom is -0.459 e. The molecule has 1 amide bonds. The molecule has 1 aromatic rings. The number of thioether (sulfide) groups is 1. The Morgan fingerprint density at radius 2 is 2.05 bits per heavy atom. The van der Waals surface area contributed by atoms with Crippen LogP contribution in [-0.2, 0) is 9.53 Å².